The molecule has 8 heteroatoms. The summed E-state index contributed by atoms with van der Waals surface area (Å²) < 4.78 is 8.88. The molecule has 0 unspecified atom stereocenters. The molecule has 0 rings (SSSR count). The maximum atomic E-state index is 8.88. The van der Waals surface area contributed by atoms with Crippen LogP contribution in [-0.2, 0) is 41.1 Å². The first-order valence-electron chi connectivity index (χ1n) is 0.783. The molecule has 0 saturated heterocycles. The van der Waals surface area contributed by atoms with Crippen molar-refractivity contribution < 1.29 is 86.8 Å². The summed E-state index contributed by atoms with van der Waals surface area (Å²) in [6.07, 6.45) is 0. The van der Waals surface area contributed by atoms with E-state index in [4.69, 9.17) is 19.2 Å². The van der Waals surface area contributed by atoms with Crippen LogP contribution in [0.1, 0.15) is 1.43 Å². The number of rotatable bonds is 0. The zero-order valence-corrected chi connectivity index (χ0v) is 11.3. The van der Waals surface area contributed by atoms with Gasteiger partial charge in [0.2, 0.25) is 0 Å². The van der Waals surface area contributed by atoms with Gasteiger partial charge in [-0.15, -0.1) is 0 Å². The van der Waals surface area contributed by atoms with E-state index in [2.05, 4.69) is 0 Å². The van der Waals surface area contributed by atoms with Crippen molar-refractivity contribution in [1.82, 2.24) is 0 Å². The Morgan fingerprint density at radius 1 is 1.25 bits per heavy atom. The zero-order valence-electron chi connectivity index (χ0n) is 5.28. The van der Waals surface area contributed by atoms with Gasteiger partial charge in [-0.05, 0) is 0 Å². The number of phosphoric acid groups is 1. The quantitative estimate of drug-likeness (QED) is 0.300. The van der Waals surface area contributed by atoms with Gasteiger partial charge in [-0.3, -0.25) is 0 Å². The molecule has 0 aliphatic rings. The molecule has 4 nitrogen and oxygen atoms in total. The van der Waals surface area contributed by atoms with E-state index in [-0.39, 0.29) is 67.5 Å². The smallest absolute Gasteiger partial charge is 1.00 e. The Balaban J connectivity index is -0.0000000133. The third-order valence-corrected chi connectivity index (χ3v) is 0. The second-order valence-electron chi connectivity index (χ2n) is 0.513. The molecule has 0 atom stereocenters. The van der Waals surface area contributed by atoms with E-state index in [1.165, 1.54) is 0 Å². The van der Waals surface area contributed by atoms with Crippen LogP contribution in [0.25, 0.3) is 0 Å². The monoisotopic (exact) mass is 241 g/mol. The molecule has 0 aromatic carbocycles. The average molecular weight is 242 g/mol. The normalized spacial score (nSPS) is 7.38. The first kappa shape index (κ1) is 22.5. The molecule has 1 radical (unpaired) electrons. The fourth-order valence-corrected chi connectivity index (χ4v) is 0. The van der Waals surface area contributed by atoms with Gasteiger partial charge in [-0.25, -0.2) is 4.57 Å². The van der Waals surface area contributed by atoms with Crippen molar-refractivity contribution in [1.29, 1.82) is 0 Å². The Hall–Kier alpha value is 2.25. The predicted molar refractivity (Wildman–Crippen MR) is 15.4 cm³/mol. The third kappa shape index (κ3) is 85.5. The minimum Gasteiger partial charge on any atom is -1.00 e. The van der Waals surface area contributed by atoms with Gasteiger partial charge in [-0.1, -0.05) is 0 Å². The van der Waals surface area contributed by atoms with Gasteiger partial charge in [0.25, 0.3) is 0 Å². The second kappa shape index (κ2) is 9.25. The maximum absolute atomic E-state index is 8.88. The molecule has 0 heterocycles. The molecule has 8 heavy (non-hydrogen) atoms. The maximum Gasteiger partial charge on any atom is 1.00 e. The Morgan fingerprint density at radius 2 is 1.25 bits per heavy atom. The van der Waals surface area contributed by atoms with Crippen LogP contribution < -0.4 is 29.6 Å². The van der Waals surface area contributed by atoms with Crippen LogP contribution in [0.2, 0.25) is 0 Å². The minimum atomic E-state index is -4.64. The summed E-state index contributed by atoms with van der Waals surface area (Å²) in [5.41, 5.74) is 0. The van der Waals surface area contributed by atoms with Crippen LogP contribution in [0.5, 0.6) is 0 Å². The molecular weight excluding hydrogens is 238 g/mol. The summed E-state index contributed by atoms with van der Waals surface area (Å²) in [5, 5.41) is 0. The largest absolute Gasteiger partial charge is 1.00 e. The second-order valence-corrected chi connectivity index (χ2v) is 1.54. The van der Waals surface area contributed by atoms with Crippen molar-refractivity contribution in [2.24, 2.45) is 0 Å². The van der Waals surface area contributed by atoms with Crippen molar-refractivity contribution >= 4 is 7.82 Å². The molecule has 0 saturated carbocycles. The summed E-state index contributed by atoms with van der Waals surface area (Å²) in [7, 11) is -4.64. The van der Waals surface area contributed by atoms with Crippen molar-refractivity contribution in [2.75, 3.05) is 0 Å². The van der Waals surface area contributed by atoms with Gasteiger partial charge < -0.3 is 16.1 Å². The zero-order chi connectivity index (χ0) is 4.50. The molecule has 43 valence electrons. The summed E-state index contributed by atoms with van der Waals surface area (Å²) >= 11 is 0. The SMILES string of the molecule is O=P(O)(O)O.[H-].[Mn].[Na+].[Zn]. The van der Waals surface area contributed by atoms with Crippen LogP contribution in [-0.4, -0.2) is 14.7 Å². The molecular formula is H4MnNaO4PZn. The molecule has 0 aromatic heterocycles. The van der Waals surface area contributed by atoms with Crippen LogP contribution in [0.4, 0.5) is 0 Å². The summed E-state index contributed by atoms with van der Waals surface area (Å²) in [6.45, 7) is 0. The fourth-order valence-electron chi connectivity index (χ4n) is 0. The predicted octanol–water partition coefficient (Wildman–Crippen LogP) is -3.82. The molecule has 0 aromatic rings. The van der Waals surface area contributed by atoms with Gasteiger partial charge in [0.05, 0.1) is 0 Å². The number of hydrogen-bond donors (Lipinski definition) is 3. The minimum absolute atomic E-state index is 0. The van der Waals surface area contributed by atoms with Gasteiger partial charge >= 0.3 is 37.4 Å². The van der Waals surface area contributed by atoms with Crippen LogP contribution in [0, 0.1) is 0 Å². The van der Waals surface area contributed by atoms with E-state index >= 15 is 0 Å². The topological polar surface area (TPSA) is 77.8 Å². The summed E-state index contributed by atoms with van der Waals surface area (Å²) in [5.74, 6) is 0. The first-order chi connectivity index (χ1) is 2.00. The van der Waals surface area contributed by atoms with E-state index < -0.39 is 7.82 Å². The molecule has 0 aliphatic heterocycles. The first-order valence-corrected chi connectivity index (χ1v) is 2.35. The van der Waals surface area contributed by atoms with Gasteiger partial charge in [0.15, 0.2) is 0 Å². The standard InChI is InChI=1S/Mn.Na.H3O4P.Zn.H/c;;1-5(2,3)4;;/h;;(H3,1,2,3,4);;/q;+1;;;-1. The van der Waals surface area contributed by atoms with Crippen molar-refractivity contribution in [3.05, 3.63) is 0 Å². The molecule has 0 amide bonds. The van der Waals surface area contributed by atoms with Crippen LogP contribution in [0.15, 0.2) is 0 Å². The molecule has 0 spiro atoms. The van der Waals surface area contributed by atoms with Crippen molar-refractivity contribution in [3.8, 4) is 0 Å². The molecule has 3 N–H and O–H groups in total. The Labute approximate surface area is 93.7 Å². The Bertz CT molecular complexity index is 66.7. The third-order valence-electron chi connectivity index (χ3n) is 0. The van der Waals surface area contributed by atoms with Crippen molar-refractivity contribution in [3.63, 3.8) is 0 Å². The van der Waals surface area contributed by atoms with E-state index in [0.29, 0.717) is 0 Å². The van der Waals surface area contributed by atoms with Gasteiger partial charge in [-0.2, -0.15) is 0 Å². The Kier molecular flexibility index (Phi) is 26.0. The van der Waals surface area contributed by atoms with Gasteiger partial charge in [0, 0.05) is 36.5 Å². The Morgan fingerprint density at radius 3 is 1.25 bits per heavy atom. The van der Waals surface area contributed by atoms with Crippen LogP contribution in [0.3, 0.4) is 0 Å². The number of hydrogen-bond acceptors (Lipinski definition) is 1. The van der Waals surface area contributed by atoms with Crippen LogP contribution >= 0.6 is 7.82 Å². The fraction of sp³-hybridized carbons (Fsp3) is 0. The summed E-state index contributed by atoms with van der Waals surface area (Å²) in [4.78, 5) is 21.6. The average Bonchev–Trinajstić information content (AvgIpc) is 0.722. The van der Waals surface area contributed by atoms with E-state index in [1.807, 2.05) is 0 Å². The van der Waals surface area contributed by atoms with Crippen molar-refractivity contribution in [2.45, 2.75) is 0 Å². The molecule has 0 bridgehead atoms. The van der Waals surface area contributed by atoms with E-state index in [9.17, 15) is 0 Å². The molecule has 0 fully saturated rings. The van der Waals surface area contributed by atoms with E-state index in [1.54, 1.807) is 0 Å². The van der Waals surface area contributed by atoms with E-state index in [0.717, 1.165) is 0 Å². The van der Waals surface area contributed by atoms with Gasteiger partial charge in [0.1, 0.15) is 0 Å². The summed E-state index contributed by atoms with van der Waals surface area (Å²) in [6, 6.07) is 0. The molecule has 0 aliphatic carbocycles.